The molecule has 2 aromatic rings. The van der Waals surface area contributed by atoms with Crippen LogP contribution in [0, 0.1) is 5.82 Å². The van der Waals surface area contributed by atoms with Gasteiger partial charge in [-0.2, -0.15) is 0 Å². The van der Waals surface area contributed by atoms with E-state index in [1.165, 1.54) is 12.1 Å². The van der Waals surface area contributed by atoms with Crippen molar-refractivity contribution in [3.8, 4) is 0 Å². The summed E-state index contributed by atoms with van der Waals surface area (Å²) in [6, 6.07) is 9.63. The second kappa shape index (κ2) is 6.65. The van der Waals surface area contributed by atoms with Crippen molar-refractivity contribution in [2.45, 2.75) is 13.3 Å². The molecule has 2 N–H and O–H groups in total. The Labute approximate surface area is 117 Å². The maximum atomic E-state index is 13.8. The van der Waals surface area contributed by atoms with Gasteiger partial charge in [0.15, 0.2) is 0 Å². The van der Waals surface area contributed by atoms with Crippen LogP contribution in [0.3, 0.4) is 0 Å². The van der Waals surface area contributed by atoms with E-state index >= 15 is 0 Å². The molecule has 0 unspecified atom stereocenters. The van der Waals surface area contributed by atoms with Crippen LogP contribution in [0.25, 0.3) is 0 Å². The number of nitrogens with zero attached hydrogens (tertiary/aromatic N) is 1. The fourth-order valence-corrected chi connectivity index (χ4v) is 1.76. The average Bonchev–Trinajstić information content (AvgIpc) is 2.47. The Morgan fingerprint density at radius 1 is 1.25 bits per heavy atom. The summed E-state index contributed by atoms with van der Waals surface area (Å²) in [5.74, 6) is -0.392. The van der Waals surface area contributed by atoms with E-state index in [0.29, 0.717) is 12.4 Å². The van der Waals surface area contributed by atoms with E-state index in [4.69, 9.17) is 0 Å². The van der Waals surface area contributed by atoms with Crippen LogP contribution in [0.2, 0.25) is 0 Å². The van der Waals surface area contributed by atoms with Crippen LogP contribution in [-0.4, -0.2) is 17.4 Å². The molecule has 1 aromatic carbocycles. The molecule has 1 amide bonds. The number of rotatable bonds is 5. The van der Waals surface area contributed by atoms with Gasteiger partial charge in [0.05, 0.1) is 11.3 Å². The summed E-state index contributed by atoms with van der Waals surface area (Å²) in [5.41, 5.74) is 0.492. The number of hydrogen-bond donors (Lipinski definition) is 2. The molecule has 0 fully saturated rings. The van der Waals surface area contributed by atoms with Crippen molar-refractivity contribution in [1.82, 2.24) is 4.98 Å². The summed E-state index contributed by atoms with van der Waals surface area (Å²) < 4.78 is 13.8. The van der Waals surface area contributed by atoms with E-state index in [2.05, 4.69) is 15.6 Å². The van der Waals surface area contributed by atoms with Gasteiger partial charge in [-0.1, -0.05) is 19.1 Å². The van der Waals surface area contributed by atoms with Crippen molar-refractivity contribution >= 4 is 17.4 Å². The Hall–Kier alpha value is -2.43. The molecule has 5 heteroatoms. The summed E-state index contributed by atoms with van der Waals surface area (Å²) >= 11 is 0. The van der Waals surface area contributed by atoms with Gasteiger partial charge in [-0.3, -0.25) is 4.79 Å². The van der Waals surface area contributed by atoms with Crippen molar-refractivity contribution in [3.63, 3.8) is 0 Å². The van der Waals surface area contributed by atoms with Crippen molar-refractivity contribution in [1.29, 1.82) is 0 Å². The highest BCUT2D eigenvalue weighted by atomic mass is 19.1. The predicted octanol–water partition coefficient (Wildman–Crippen LogP) is 3.29. The number of pyridine rings is 1. The Morgan fingerprint density at radius 2 is 2.10 bits per heavy atom. The number of nitrogens with one attached hydrogen (secondary N) is 2. The summed E-state index contributed by atoms with van der Waals surface area (Å²) in [6.45, 7) is 2.58. The number of para-hydroxylation sites is 1. The van der Waals surface area contributed by atoms with Gasteiger partial charge in [0, 0.05) is 12.7 Å². The number of aromatic nitrogens is 1. The third kappa shape index (κ3) is 3.32. The second-order valence-corrected chi connectivity index (χ2v) is 4.26. The first-order valence-electron chi connectivity index (χ1n) is 6.47. The van der Waals surface area contributed by atoms with Crippen molar-refractivity contribution in [3.05, 3.63) is 54.0 Å². The van der Waals surface area contributed by atoms with Crippen molar-refractivity contribution < 1.29 is 9.18 Å². The van der Waals surface area contributed by atoms with Gasteiger partial charge in [-0.25, -0.2) is 9.37 Å². The summed E-state index contributed by atoms with van der Waals surface area (Å²) in [7, 11) is 0. The fourth-order valence-electron chi connectivity index (χ4n) is 1.76. The molecule has 1 heterocycles. The number of halogens is 1. The molecule has 20 heavy (non-hydrogen) atoms. The number of anilines is 2. The predicted molar refractivity (Wildman–Crippen MR) is 77.4 cm³/mol. The van der Waals surface area contributed by atoms with E-state index < -0.39 is 5.82 Å². The SMILES string of the molecule is CCCNc1c(F)cccc1C(=O)Nc1ccccn1. The number of carbonyl (C=O) groups is 1. The van der Waals surface area contributed by atoms with E-state index in [1.807, 2.05) is 6.92 Å². The third-order valence-electron chi connectivity index (χ3n) is 2.72. The lowest BCUT2D eigenvalue weighted by Gasteiger charge is -2.12. The van der Waals surface area contributed by atoms with Crippen LogP contribution in [0.15, 0.2) is 42.6 Å². The molecule has 0 spiro atoms. The molecule has 0 radical (unpaired) electrons. The Morgan fingerprint density at radius 3 is 2.80 bits per heavy atom. The van der Waals surface area contributed by atoms with E-state index in [1.54, 1.807) is 30.5 Å². The lowest BCUT2D eigenvalue weighted by atomic mass is 10.1. The maximum absolute atomic E-state index is 13.8. The molecule has 0 aliphatic carbocycles. The van der Waals surface area contributed by atoms with Crippen LogP contribution in [0.5, 0.6) is 0 Å². The maximum Gasteiger partial charge on any atom is 0.259 e. The molecule has 1 aromatic heterocycles. The molecule has 0 atom stereocenters. The molecular weight excluding hydrogens is 257 g/mol. The first-order chi connectivity index (χ1) is 9.72. The highest BCUT2D eigenvalue weighted by Gasteiger charge is 2.15. The molecule has 4 nitrogen and oxygen atoms in total. The summed E-state index contributed by atoms with van der Waals surface area (Å²) in [6.07, 6.45) is 2.42. The van der Waals surface area contributed by atoms with Gasteiger partial charge in [0.2, 0.25) is 0 Å². The van der Waals surface area contributed by atoms with E-state index in [0.717, 1.165) is 6.42 Å². The smallest absolute Gasteiger partial charge is 0.259 e. The van der Waals surface area contributed by atoms with Crippen molar-refractivity contribution in [2.75, 3.05) is 17.2 Å². The lowest BCUT2D eigenvalue weighted by molar-refractivity contribution is 0.102. The topological polar surface area (TPSA) is 54.0 Å². The van der Waals surface area contributed by atoms with Crippen molar-refractivity contribution in [2.24, 2.45) is 0 Å². The van der Waals surface area contributed by atoms with Crippen LogP contribution in [-0.2, 0) is 0 Å². The Balaban J connectivity index is 2.23. The number of amides is 1. The fraction of sp³-hybridized carbons (Fsp3) is 0.200. The zero-order chi connectivity index (χ0) is 14.4. The van der Waals surface area contributed by atoms with Crippen LogP contribution in [0.1, 0.15) is 23.7 Å². The third-order valence-corrected chi connectivity index (χ3v) is 2.72. The van der Waals surface area contributed by atoms with Crippen LogP contribution >= 0.6 is 0 Å². The van der Waals surface area contributed by atoms with Crippen LogP contribution < -0.4 is 10.6 Å². The van der Waals surface area contributed by atoms with Gasteiger partial charge in [-0.15, -0.1) is 0 Å². The minimum absolute atomic E-state index is 0.225. The molecule has 104 valence electrons. The Kier molecular flexibility index (Phi) is 4.65. The van der Waals surface area contributed by atoms with Gasteiger partial charge < -0.3 is 10.6 Å². The minimum atomic E-state index is -0.438. The summed E-state index contributed by atoms with van der Waals surface area (Å²) in [5, 5.41) is 5.59. The number of hydrogen-bond acceptors (Lipinski definition) is 3. The number of carbonyl (C=O) groups excluding carboxylic acids is 1. The quantitative estimate of drug-likeness (QED) is 0.879. The van der Waals surface area contributed by atoms with Gasteiger partial charge in [0.25, 0.3) is 5.91 Å². The normalized spacial score (nSPS) is 10.1. The Bertz CT molecular complexity index is 587. The largest absolute Gasteiger partial charge is 0.382 e. The standard InChI is InChI=1S/C15H16FN3O/c1-2-9-18-14-11(6-5-7-12(14)16)15(20)19-13-8-3-4-10-17-13/h3-8,10,18H,2,9H2,1H3,(H,17,19,20). The molecule has 2 rings (SSSR count). The van der Waals surface area contributed by atoms with Gasteiger partial charge in [0.1, 0.15) is 11.6 Å². The molecule has 0 bridgehead atoms. The molecule has 0 saturated carbocycles. The summed E-state index contributed by atoms with van der Waals surface area (Å²) in [4.78, 5) is 16.2. The first-order valence-corrected chi connectivity index (χ1v) is 6.47. The lowest BCUT2D eigenvalue weighted by Crippen LogP contribution is -2.16. The second-order valence-electron chi connectivity index (χ2n) is 4.26. The molecule has 0 aliphatic heterocycles. The minimum Gasteiger partial charge on any atom is -0.382 e. The molecular formula is C15H16FN3O. The van der Waals surface area contributed by atoms with E-state index in [9.17, 15) is 9.18 Å². The number of benzene rings is 1. The highest BCUT2D eigenvalue weighted by Crippen LogP contribution is 2.21. The first kappa shape index (κ1) is 14.0. The highest BCUT2D eigenvalue weighted by molar-refractivity contribution is 6.07. The zero-order valence-electron chi connectivity index (χ0n) is 11.2. The van der Waals surface area contributed by atoms with Crippen LogP contribution in [0.4, 0.5) is 15.9 Å². The van der Waals surface area contributed by atoms with E-state index in [-0.39, 0.29) is 17.2 Å². The monoisotopic (exact) mass is 273 g/mol. The average molecular weight is 273 g/mol. The molecule has 0 saturated heterocycles. The van der Waals surface area contributed by atoms with Gasteiger partial charge in [-0.05, 0) is 30.7 Å². The van der Waals surface area contributed by atoms with Gasteiger partial charge >= 0.3 is 0 Å². The zero-order valence-corrected chi connectivity index (χ0v) is 11.2. The molecule has 0 aliphatic rings.